The van der Waals surface area contributed by atoms with Gasteiger partial charge in [-0.05, 0) is 36.2 Å². The maximum atomic E-state index is 12.6. The van der Waals surface area contributed by atoms with Crippen LogP contribution < -0.4 is 15.0 Å². The van der Waals surface area contributed by atoms with Gasteiger partial charge in [0.05, 0.1) is 12.2 Å². The minimum Gasteiger partial charge on any atom is -0.476 e. The molecule has 0 saturated heterocycles. The first-order chi connectivity index (χ1) is 11.6. The predicted octanol–water partition coefficient (Wildman–Crippen LogP) is 3.00. The number of nitrogens with zero attached hydrogens (tertiary/aromatic N) is 1. The highest BCUT2D eigenvalue weighted by Crippen LogP contribution is 2.33. The Balaban J connectivity index is 1.79. The van der Waals surface area contributed by atoms with Gasteiger partial charge in [0.1, 0.15) is 5.75 Å². The second-order valence-corrected chi connectivity index (χ2v) is 5.75. The molecule has 1 N–H and O–H groups in total. The van der Waals surface area contributed by atoms with Gasteiger partial charge in [-0.25, -0.2) is 0 Å². The van der Waals surface area contributed by atoms with Crippen LogP contribution in [0.25, 0.3) is 0 Å². The van der Waals surface area contributed by atoms with Crippen LogP contribution in [0.5, 0.6) is 5.75 Å². The van der Waals surface area contributed by atoms with E-state index in [0.717, 1.165) is 17.7 Å². The van der Waals surface area contributed by atoms with Crippen LogP contribution in [0.3, 0.4) is 0 Å². The second-order valence-electron chi connectivity index (χ2n) is 5.75. The molecule has 1 heterocycles. The van der Waals surface area contributed by atoms with E-state index in [9.17, 15) is 9.59 Å². The maximum absolute atomic E-state index is 12.6. The van der Waals surface area contributed by atoms with Crippen LogP contribution in [-0.2, 0) is 16.0 Å². The van der Waals surface area contributed by atoms with Crippen molar-refractivity contribution >= 4 is 23.2 Å². The number of carbonyl (C=O) groups excluding carboxylic acids is 2. The fourth-order valence-electron chi connectivity index (χ4n) is 2.76. The quantitative estimate of drug-likeness (QED) is 0.944. The lowest BCUT2D eigenvalue weighted by molar-refractivity contribution is -0.123. The van der Waals surface area contributed by atoms with E-state index in [-0.39, 0.29) is 18.4 Å². The van der Waals surface area contributed by atoms with Crippen molar-refractivity contribution in [2.24, 2.45) is 0 Å². The maximum Gasteiger partial charge on any atom is 0.267 e. The highest BCUT2D eigenvalue weighted by Gasteiger charge is 2.32. The normalized spacial score (nSPS) is 16.1. The number of para-hydroxylation sites is 2. The fraction of sp³-hybridized carbons (Fsp3) is 0.263. The molecule has 0 fully saturated rings. The number of anilines is 2. The molecule has 3 rings (SSSR count). The summed E-state index contributed by atoms with van der Waals surface area (Å²) in [5.41, 5.74) is 2.58. The monoisotopic (exact) mass is 324 g/mol. The third kappa shape index (κ3) is 3.25. The third-order valence-electron chi connectivity index (χ3n) is 4.05. The Hall–Kier alpha value is -2.82. The molecular formula is C19H20N2O3. The number of hydrogen-bond acceptors (Lipinski definition) is 3. The van der Waals surface area contributed by atoms with Crippen LogP contribution in [-0.4, -0.2) is 24.5 Å². The van der Waals surface area contributed by atoms with E-state index < -0.39 is 6.10 Å². The summed E-state index contributed by atoms with van der Waals surface area (Å²) in [5.74, 6) is 0.168. The van der Waals surface area contributed by atoms with E-state index in [1.165, 1.54) is 6.92 Å². The predicted molar refractivity (Wildman–Crippen MR) is 93.3 cm³/mol. The summed E-state index contributed by atoms with van der Waals surface area (Å²) in [5, 5.41) is 2.87. The van der Waals surface area contributed by atoms with Crippen LogP contribution in [0.4, 0.5) is 11.4 Å². The molecule has 0 saturated carbocycles. The third-order valence-corrected chi connectivity index (χ3v) is 4.05. The largest absolute Gasteiger partial charge is 0.476 e. The van der Waals surface area contributed by atoms with E-state index in [2.05, 4.69) is 12.2 Å². The average molecular weight is 324 g/mol. The molecule has 1 atom stereocenters. The number of nitrogens with one attached hydrogen (secondary N) is 1. The molecule has 2 amide bonds. The summed E-state index contributed by atoms with van der Waals surface area (Å²) in [4.78, 5) is 26.1. The molecule has 124 valence electrons. The van der Waals surface area contributed by atoms with Crippen LogP contribution in [0, 0.1) is 0 Å². The number of amides is 2. The standard InChI is InChI=1S/C19H20N2O3/c1-3-14-7-6-8-15(11-14)20-19(23)18-12-21(13(2)22)16-9-4-5-10-17(16)24-18/h4-11,18H,3,12H2,1-2H3,(H,20,23)/t18-/m1/s1. The number of benzene rings is 2. The van der Waals surface area contributed by atoms with Gasteiger partial charge in [0, 0.05) is 12.6 Å². The van der Waals surface area contributed by atoms with Crippen molar-refractivity contribution < 1.29 is 14.3 Å². The summed E-state index contributed by atoms with van der Waals surface area (Å²) in [6.45, 7) is 3.75. The number of ether oxygens (including phenoxy) is 1. The van der Waals surface area contributed by atoms with Crippen molar-refractivity contribution in [3.05, 3.63) is 54.1 Å². The Kier molecular flexibility index (Phi) is 4.51. The molecule has 2 aromatic carbocycles. The molecule has 0 aliphatic carbocycles. The Morgan fingerprint density at radius 1 is 1.21 bits per heavy atom. The first kappa shape index (κ1) is 16.1. The molecule has 24 heavy (non-hydrogen) atoms. The van der Waals surface area contributed by atoms with Gasteiger partial charge in [-0.1, -0.05) is 31.2 Å². The lowest BCUT2D eigenvalue weighted by Crippen LogP contribution is -2.48. The molecule has 0 radical (unpaired) electrons. The van der Waals surface area contributed by atoms with E-state index in [1.54, 1.807) is 11.0 Å². The Labute approximate surface area is 141 Å². The van der Waals surface area contributed by atoms with E-state index >= 15 is 0 Å². The van der Waals surface area contributed by atoms with Crippen molar-refractivity contribution in [2.75, 3.05) is 16.8 Å². The van der Waals surface area contributed by atoms with Gasteiger partial charge >= 0.3 is 0 Å². The Morgan fingerprint density at radius 3 is 2.75 bits per heavy atom. The molecule has 0 bridgehead atoms. The van der Waals surface area contributed by atoms with Crippen LogP contribution >= 0.6 is 0 Å². The lowest BCUT2D eigenvalue weighted by atomic mass is 10.1. The topological polar surface area (TPSA) is 58.6 Å². The number of fused-ring (bicyclic) bond motifs is 1. The van der Waals surface area contributed by atoms with Crippen molar-refractivity contribution in [3.8, 4) is 5.75 Å². The molecule has 0 aromatic heterocycles. The van der Waals surface area contributed by atoms with Crippen LogP contribution in [0.1, 0.15) is 19.4 Å². The highest BCUT2D eigenvalue weighted by molar-refractivity contribution is 5.99. The molecule has 0 unspecified atom stereocenters. The van der Waals surface area contributed by atoms with Gasteiger partial charge in [-0.2, -0.15) is 0 Å². The SMILES string of the molecule is CCc1cccc(NC(=O)[C@H]2CN(C(C)=O)c3ccccc3O2)c1. The van der Waals surface area contributed by atoms with E-state index in [0.29, 0.717) is 11.4 Å². The zero-order valence-electron chi connectivity index (χ0n) is 13.8. The summed E-state index contributed by atoms with van der Waals surface area (Å²) in [6, 6.07) is 15.0. The van der Waals surface area contributed by atoms with Crippen LogP contribution in [0.15, 0.2) is 48.5 Å². The molecule has 1 aliphatic heterocycles. The molecule has 0 spiro atoms. The molecule has 5 heteroatoms. The number of hydrogen-bond donors (Lipinski definition) is 1. The Morgan fingerprint density at radius 2 is 2.00 bits per heavy atom. The van der Waals surface area contributed by atoms with Gasteiger partial charge in [-0.15, -0.1) is 0 Å². The molecule has 2 aromatic rings. The molecule has 5 nitrogen and oxygen atoms in total. The first-order valence-electron chi connectivity index (χ1n) is 8.02. The van der Waals surface area contributed by atoms with Gasteiger partial charge in [0.15, 0.2) is 6.10 Å². The van der Waals surface area contributed by atoms with Gasteiger partial charge < -0.3 is 15.0 Å². The molecule has 1 aliphatic rings. The van der Waals surface area contributed by atoms with Gasteiger partial charge in [0.2, 0.25) is 5.91 Å². The summed E-state index contributed by atoms with van der Waals surface area (Å²) in [7, 11) is 0. The zero-order valence-corrected chi connectivity index (χ0v) is 13.8. The second kappa shape index (κ2) is 6.74. The average Bonchev–Trinajstić information content (AvgIpc) is 2.60. The Bertz CT molecular complexity index is 773. The highest BCUT2D eigenvalue weighted by atomic mass is 16.5. The van der Waals surface area contributed by atoms with Crippen LogP contribution in [0.2, 0.25) is 0 Å². The van der Waals surface area contributed by atoms with Gasteiger partial charge in [-0.3, -0.25) is 9.59 Å². The summed E-state index contributed by atoms with van der Waals surface area (Å²) in [6.07, 6.45) is 0.156. The smallest absolute Gasteiger partial charge is 0.267 e. The van der Waals surface area contributed by atoms with Gasteiger partial charge in [0.25, 0.3) is 5.91 Å². The van der Waals surface area contributed by atoms with Crippen molar-refractivity contribution in [3.63, 3.8) is 0 Å². The van der Waals surface area contributed by atoms with Crippen molar-refractivity contribution in [1.82, 2.24) is 0 Å². The zero-order chi connectivity index (χ0) is 17.1. The summed E-state index contributed by atoms with van der Waals surface area (Å²) < 4.78 is 5.80. The molecular weight excluding hydrogens is 304 g/mol. The minimum absolute atomic E-state index is 0.114. The lowest BCUT2D eigenvalue weighted by Gasteiger charge is -2.33. The number of aryl methyl sites for hydroxylation is 1. The number of rotatable bonds is 3. The van der Waals surface area contributed by atoms with Crippen molar-refractivity contribution in [1.29, 1.82) is 0 Å². The van der Waals surface area contributed by atoms with E-state index in [1.807, 2.05) is 42.5 Å². The first-order valence-corrected chi connectivity index (χ1v) is 8.02. The number of carbonyl (C=O) groups is 2. The summed E-state index contributed by atoms with van der Waals surface area (Å²) >= 11 is 0. The van der Waals surface area contributed by atoms with E-state index in [4.69, 9.17) is 4.74 Å². The van der Waals surface area contributed by atoms with Crippen molar-refractivity contribution in [2.45, 2.75) is 26.4 Å². The minimum atomic E-state index is -0.742. The fourth-order valence-corrected chi connectivity index (χ4v) is 2.76.